The Hall–Kier alpha value is -3.13. The number of hydrogen-bond acceptors (Lipinski definition) is 6. The van der Waals surface area contributed by atoms with E-state index in [0.29, 0.717) is 43.8 Å². The number of pyridine rings is 1. The summed E-state index contributed by atoms with van der Waals surface area (Å²) in [4.78, 5) is 34.1. The fraction of sp³-hybridized carbons (Fsp3) is 0.594. The number of para-hydroxylation sites is 1. The van der Waals surface area contributed by atoms with E-state index in [9.17, 15) is 9.59 Å². The first-order chi connectivity index (χ1) is 19.1. The Morgan fingerprint density at radius 3 is 2.62 bits per heavy atom. The molecule has 2 fully saturated rings. The van der Waals surface area contributed by atoms with E-state index in [1.165, 1.54) is 0 Å². The highest BCUT2D eigenvalue weighted by molar-refractivity contribution is 5.93. The van der Waals surface area contributed by atoms with Crippen LogP contribution in [0, 0.1) is 17.3 Å². The van der Waals surface area contributed by atoms with Gasteiger partial charge >= 0.3 is 6.09 Å². The van der Waals surface area contributed by atoms with Crippen molar-refractivity contribution in [2.45, 2.75) is 58.5 Å². The molecule has 2 aliphatic heterocycles. The normalized spacial score (nSPS) is 22.1. The molecule has 8 nitrogen and oxygen atoms in total. The van der Waals surface area contributed by atoms with Gasteiger partial charge in [0, 0.05) is 50.4 Å². The van der Waals surface area contributed by atoms with Gasteiger partial charge in [0.25, 0.3) is 5.91 Å². The lowest BCUT2D eigenvalue weighted by Crippen LogP contribution is -2.43. The Balaban J connectivity index is 1.29. The molecule has 1 aromatic carbocycles. The van der Waals surface area contributed by atoms with E-state index < -0.39 is 5.60 Å². The van der Waals surface area contributed by atoms with Crippen LogP contribution in [0.25, 0.3) is 11.1 Å². The SMILES string of the molecule is CN1CC(CC2CCN(C(=O)OC(C)(C)C)CC2)CNCC2(CC2)COc2ccccc2-c2ccnc(c2)C1=O. The van der Waals surface area contributed by atoms with E-state index >= 15 is 0 Å². The lowest BCUT2D eigenvalue weighted by molar-refractivity contribution is 0.0172. The largest absolute Gasteiger partial charge is 0.492 e. The minimum absolute atomic E-state index is 0.0708. The number of nitrogens with zero attached hydrogens (tertiary/aromatic N) is 3. The molecule has 2 amide bonds. The fourth-order valence-corrected chi connectivity index (χ4v) is 5.90. The van der Waals surface area contributed by atoms with Crippen LogP contribution in [0.2, 0.25) is 0 Å². The molecule has 5 rings (SSSR count). The number of aromatic nitrogens is 1. The van der Waals surface area contributed by atoms with Crippen LogP contribution in [0.3, 0.4) is 0 Å². The predicted molar refractivity (Wildman–Crippen MR) is 155 cm³/mol. The zero-order valence-electron chi connectivity index (χ0n) is 24.4. The summed E-state index contributed by atoms with van der Waals surface area (Å²) >= 11 is 0. The molecular weight excluding hydrogens is 504 g/mol. The van der Waals surface area contributed by atoms with E-state index in [1.54, 1.807) is 6.20 Å². The summed E-state index contributed by atoms with van der Waals surface area (Å²) in [6.45, 7) is 10.2. The molecule has 1 N–H and O–H groups in total. The van der Waals surface area contributed by atoms with Gasteiger partial charge in [-0.25, -0.2) is 4.79 Å². The highest BCUT2D eigenvalue weighted by Gasteiger charge is 2.43. The number of amides is 2. The van der Waals surface area contributed by atoms with Gasteiger partial charge in [0.15, 0.2) is 0 Å². The van der Waals surface area contributed by atoms with Crippen LogP contribution < -0.4 is 10.1 Å². The molecule has 3 aliphatic rings. The van der Waals surface area contributed by atoms with Gasteiger partial charge in [-0.05, 0) is 95.0 Å². The molecular formula is C32H44N4O4. The Morgan fingerprint density at radius 2 is 1.90 bits per heavy atom. The zero-order chi connectivity index (χ0) is 28.3. The third kappa shape index (κ3) is 7.14. The topological polar surface area (TPSA) is 84.0 Å². The molecule has 1 saturated heterocycles. The number of piperidine rings is 1. The summed E-state index contributed by atoms with van der Waals surface area (Å²) in [5.41, 5.74) is 2.05. The third-order valence-corrected chi connectivity index (χ3v) is 8.41. The summed E-state index contributed by atoms with van der Waals surface area (Å²) in [6.07, 6.45) is 6.72. The summed E-state index contributed by atoms with van der Waals surface area (Å²) in [5.74, 6) is 1.58. The molecule has 1 unspecified atom stereocenters. The van der Waals surface area contributed by atoms with Crippen molar-refractivity contribution in [3.05, 3.63) is 48.3 Å². The van der Waals surface area contributed by atoms with Gasteiger partial charge in [-0.3, -0.25) is 9.78 Å². The van der Waals surface area contributed by atoms with E-state index in [0.717, 1.165) is 62.1 Å². The third-order valence-electron chi connectivity index (χ3n) is 8.41. The molecule has 1 aliphatic carbocycles. The van der Waals surface area contributed by atoms with Crippen molar-refractivity contribution >= 4 is 12.0 Å². The van der Waals surface area contributed by atoms with Crippen molar-refractivity contribution < 1.29 is 19.1 Å². The number of nitrogens with one attached hydrogen (secondary N) is 1. The number of carbonyl (C=O) groups excluding carboxylic acids is 2. The van der Waals surface area contributed by atoms with Crippen molar-refractivity contribution in [3.8, 4) is 16.9 Å². The maximum Gasteiger partial charge on any atom is 0.410 e. The average Bonchev–Trinajstić information content (AvgIpc) is 3.70. The maximum absolute atomic E-state index is 13.5. The number of hydrogen-bond donors (Lipinski definition) is 1. The van der Waals surface area contributed by atoms with Gasteiger partial charge in [-0.1, -0.05) is 18.2 Å². The van der Waals surface area contributed by atoms with Crippen LogP contribution in [-0.2, 0) is 4.74 Å². The molecule has 1 aromatic heterocycles. The van der Waals surface area contributed by atoms with E-state index in [4.69, 9.17) is 9.47 Å². The lowest BCUT2D eigenvalue weighted by atomic mass is 9.86. The van der Waals surface area contributed by atoms with Gasteiger partial charge in [-0.2, -0.15) is 0 Å². The van der Waals surface area contributed by atoms with Gasteiger partial charge in [0.1, 0.15) is 17.0 Å². The molecule has 8 heteroatoms. The summed E-state index contributed by atoms with van der Waals surface area (Å²) in [6, 6.07) is 11.9. The Morgan fingerprint density at radius 1 is 1.15 bits per heavy atom. The summed E-state index contributed by atoms with van der Waals surface area (Å²) in [5, 5.41) is 3.75. The fourth-order valence-electron chi connectivity index (χ4n) is 5.90. The first-order valence-electron chi connectivity index (χ1n) is 14.7. The standard InChI is InChI=1S/C32H44N4O4/c1-31(2,3)40-30(38)36-15-10-23(11-16-36)17-24-19-33-21-32(12-13-32)22-39-28-8-6-5-7-26(28)25-9-14-34-27(18-25)29(37)35(4)20-24/h5-9,14,18,23-24,33H,10-13,15-17,19-22H2,1-4H3. The number of ether oxygens (including phenoxy) is 2. The highest BCUT2D eigenvalue weighted by Crippen LogP contribution is 2.46. The number of rotatable bonds is 2. The number of benzene rings is 1. The van der Waals surface area contributed by atoms with Crippen molar-refractivity contribution in [3.63, 3.8) is 0 Å². The highest BCUT2D eigenvalue weighted by atomic mass is 16.6. The molecule has 0 radical (unpaired) electrons. The zero-order valence-corrected chi connectivity index (χ0v) is 24.4. The van der Waals surface area contributed by atoms with Gasteiger partial charge in [-0.15, -0.1) is 0 Å². The van der Waals surface area contributed by atoms with E-state index in [-0.39, 0.29) is 17.4 Å². The molecule has 216 valence electrons. The number of fused-ring (bicyclic) bond motifs is 4. The second-order valence-electron chi connectivity index (χ2n) is 13.0. The Kier molecular flexibility index (Phi) is 8.36. The smallest absolute Gasteiger partial charge is 0.410 e. The van der Waals surface area contributed by atoms with E-state index in [1.807, 2.05) is 74.0 Å². The summed E-state index contributed by atoms with van der Waals surface area (Å²) < 4.78 is 12.0. The van der Waals surface area contributed by atoms with Crippen LogP contribution in [-0.4, -0.2) is 78.8 Å². The van der Waals surface area contributed by atoms with Crippen LogP contribution in [0.5, 0.6) is 5.75 Å². The minimum atomic E-state index is -0.484. The summed E-state index contributed by atoms with van der Waals surface area (Å²) in [7, 11) is 1.88. The molecule has 3 heterocycles. The number of likely N-dealkylation sites (tertiary alicyclic amines) is 1. The monoisotopic (exact) mass is 548 g/mol. The van der Waals surface area contributed by atoms with Crippen LogP contribution >= 0.6 is 0 Å². The molecule has 40 heavy (non-hydrogen) atoms. The molecule has 2 bridgehead atoms. The van der Waals surface area contributed by atoms with Crippen molar-refractivity contribution in [2.24, 2.45) is 17.3 Å². The molecule has 1 atom stereocenters. The van der Waals surface area contributed by atoms with E-state index in [2.05, 4.69) is 10.3 Å². The van der Waals surface area contributed by atoms with Gasteiger partial charge < -0.3 is 24.6 Å². The molecule has 1 spiro atoms. The average molecular weight is 549 g/mol. The van der Waals surface area contributed by atoms with Crippen LogP contribution in [0.1, 0.15) is 63.4 Å². The molecule has 1 saturated carbocycles. The number of carbonyl (C=O) groups is 2. The quantitative estimate of drug-likeness (QED) is 0.553. The van der Waals surface area contributed by atoms with Crippen LogP contribution in [0.4, 0.5) is 4.79 Å². The van der Waals surface area contributed by atoms with Gasteiger partial charge in [0.05, 0.1) is 6.61 Å². The molecule has 2 aromatic rings. The minimum Gasteiger partial charge on any atom is -0.492 e. The van der Waals surface area contributed by atoms with Crippen molar-refractivity contribution in [1.29, 1.82) is 0 Å². The maximum atomic E-state index is 13.5. The van der Waals surface area contributed by atoms with Crippen molar-refractivity contribution in [1.82, 2.24) is 20.1 Å². The Labute approximate surface area is 238 Å². The van der Waals surface area contributed by atoms with Crippen LogP contribution in [0.15, 0.2) is 42.6 Å². The first kappa shape index (κ1) is 28.4. The van der Waals surface area contributed by atoms with Gasteiger partial charge in [0.2, 0.25) is 0 Å². The lowest BCUT2D eigenvalue weighted by Gasteiger charge is -2.35. The Bertz CT molecular complexity index is 1200. The predicted octanol–water partition coefficient (Wildman–Crippen LogP) is 5.24. The van der Waals surface area contributed by atoms with Crippen molar-refractivity contribution in [2.75, 3.05) is 46.4 Å². The first-order valence-corrected chi connectivity index (χ1v) is 14.7. The second-order valence-corrected chi connectivity index (χ2v) is 13.0. The second kappa shape index (κ2) is 11.8.